The molecule has 3 rings (SSSR count). The fourth-order valence-corrected chi connectivity index (χ4v) is 3.17. The highest BCUT2D eigenvalue weighted by Gasteiger charge is 2.14. The van der Waals surface area contributed by atoms with Crippen LogP contribution in [0.4, 0.5) is 0 Å². The highest BCUT2D eigenvalue weighted by molar-refractivity contribution is 5.95. The lowest BCUT2D eigenvalue weighted by Crippen LogP contribution is -2.07. The van der Waals surface area contributed by atoms with Gasteiger partial charge < -0.3 is 5.11 Å². The van der Waals surface area contributed by atoms with Crippen molar-refractivity contribution >= 4 is 5.97 Å². The zero-order valence-corrected chi connectivity index (χ0v) is 16.7. The fourth-order valence-electron chi connectivity index (χ4n) is 3.17. The maximum Gasteiger partial charge on any atom is 0.336 e. The number of hydrogen-bond acceptors (Lipinski definition) is 3. The van der Waals surface area contributed by atoms with E-state index in [0.717, 1.165) is 47.6 Å². The van der Waals surface area contributed by atoms with Crippen molar-refractivity contribution < 1.29 is 9.90 Å². The van der Waals surface area contributed by atoms with Crippen LogP contribution in [0.2, 0.25) is 0 Å². The Bertz CT molecular complexity index is 943. The second-order valence-electron chi connectivity index (χ2n) is 7.35. The van der Waals surface area contributed by atoms with E-state index in [1.165, 1.54) is 0 Å². The predicted molar refractivity (Wildman–Crippen MR) is 111 cm³/mol. The van der Waals surface area contributed by atoms with Gasteiger partial charge in [0.15, 0.2) is 5.82 Å². The Morgan fingerprint density at radius 2 is 1.82 bits per heavy atom. The number of carboxylic acids is 1. The lowest BCUT2D eigenvalue weighted by Gasteiger charge is -2.09. The van der Waals surface area contributed by atoms with E-state index >= 15 is 0 Å². The molecule has 0 saturated heterocycles. The van der Waals surface area contributed by atoms with Gasteiger partial charge in [0.05, 0.1) is 12.1 Å². The number of unbranched alkanes of at least 4 members (excludes halogenated alkanes) is 1. The first-order chi connectivity index (χ1) is 13.5. The summed E-state index contributed by atoms with van der Waals surface area (Å²) >= 11 is 0. The third-order valence-corrected chi connectivity index (χ3v) is 4.79. The van der Waals surface area contributed by atoms with Gasteiger partial charge in [0.2, 0.25) is 0 Å². The smallest absolute Gasteiger partial charge is 0.336 e. The summed E-state index contributed by atoms with van der Waals surface area (Å²) in [6, 6.07) is 15.1. The normalized spacial score (nSPS) is 11.1. The van der Waals surface area contributed by atoms with E-state index < -0.39 is 5.97 Å². The summed E-state index contributed by atoms with van der Waals surface area (Å²) < 4.78 is 2.01. The maximum absolute atomic E-state index is 11.5. The predicted octanol–water partition coefficient (Wildman–Crippen LogP) is 5.16. The van der Waals surface area contributed by atoms with Gasteiger partial charge >= 0.3 is 5.97 Å². The summed E-state index contributed by atoms with van der Waals surface area (Å²) in [6.45, 7) is 7.06. The summed E-state index contributed by atoms with van der Waals surface area (Å²) in [5, 5.41) is 14.1. The second kappa shape index (κ2) is 8.83. The number of carbonyl (C=O) groups is 1. The van der Waals surface area contributed by atoms with Crippen LogP contribution in [0.1, 0.15) is 67.1 Å². The molecule has 0 atom stereocenters. The van der Waals surface area contributed by atoms with Crippen molar-refractivity contribution in [2.24, 2.45) is 0 Å². The zero-order valence-electron chi connectivity index (χ0n) is 16.7. The van der Waals surface area contributed by atoms with E-state index in [9.17, 15) is 9.90 Å². The number of benzene rings is 2. The highest BCUT2D eigenvalue weighted by atomic mass is 16.4. The Morgan fingerprint density at radius 3 is 2.46 bits per heavy atom. The van der Waals surface area contributed by atoms with E-state index in [4.69, 9.17) is 10.1 Å². The van der Waals surface area contributed by atoms with Gasteiger partial charge in [-0.15, -0.1) is 0 Å². The molecular formula is C23H27N3O2. The Balaban J connectivity index is 1.84. The SMILES string of the molecule is CCCCc1nc(C(C)C)nn1Cc1ccc(-c2ccccc2C(=O)O)cc1. The standard InChI is InChI=1S/C23H27N3O2/c1-4-5-10-21-24-22(16(2)3)25-26(21)15-17-11-13-18(14-12-17)19-8-6-7-9-20(19)23(27)28/h6-9,11-14,16H,4-5,10,15H2,1-3H3,(H,27,28). The van der Waals surface area contributed by atoms with Crippen molar-refractivity contribution in [1.29, 1.82) is 0 Å². The van der Waals surface area contributed by atoms with Crippen LogP contribution in [0.5, 0.6) is 0 Å². The molecule has 3 aromatic rings. The number of aryl methyl sites for hydroxylation is 1. The van der Waals surface area contributed by atoms with Crippen molar-refractivity contribution in [3.05, 3.63) is 71.3 Å². The monoisotopic (exact) mass is 377 g/mol. The molecule has 5 nitrogen and oxygen atoms in total. The van der Waals surface area contributed by atoms with E-state index in [0.29, 0.717) is 18.0 Å². The van der Waals surface area contributed by atoms with Crippen LogP contribution in [0.3, 0.4) is 0 Å². The van der Waals surface area contributed by atoms with Crippen LogP contribution in [0.25, 0.3) is 11.1 Å². The van der Waals surface area contributed by atoms with Gasteiger partial charge in [0, 0.05) is 12.3 Å². The molecule has 0 aliphatic heterocycles. The molecule has 0 unspecified atom stereocenters. The molecule has 0 aliphatic rings. The van der Waals surface area contributed by atoms with Crippen molar-refractivity contribution in [3.63, 3.8) is 0 Å². The highest BCUT2D eigenvalue weighted by Crippen LogP contribution is 2.24. The zero-order chi connectivity index (χ0) is 20.1. The lowest BCUT2D eigenvalue weighted by molar-refractivity contribution is 0.0697. The van der Waals surface area contributed by atoms with Gasteiger partial charge in [-0.1, -0.05) is 69.7 Å². The summed E-state index contributed by atoms with van der Waals surface area (Å²) in [5.41, 5.74) is 3.06. The van der Waals surface area contributed by atoms with Crippen LogP contribution in [0, 0.1) is 0 Å². The van der Waals surface area contributed by atoms with Gasteiger partial charge in [0.1, 0.15) is 5.82 Å². The Kier molecular flexibility index (Phi) is 6.24. The van der Waals surface area contributed by atoms with E-state index in [-0.39, 0.29) is 0 Å². The van der Waals surface area contributed by atoms with Crippen LogP contribution in [-0.2, 0) is 13.0 Å². The summed E-state index contributed by atoms with van der Waals surface area (Å²) in [4.78, 5) is 16.2. The third-order valence-electron chi connectivity index (χ3n) is 4.79. The third kappa shape index (κ3) is 4.47. The van der Waals surface area contributed by atoms with Crippen molar-refractivity contribution in [3.8, 4) is 11.1 Å². The van der Waals surface area contributed by atoms with E-state index in [2.05, 4.69) is 20.8 Å². The molecular weight excluding hydrogens is 350 g/mol. The minimum atomic E-state index is -0.913. The number of aromatic carboxylic acids is 1. The number of hydrogen-bond donors (Lipinski definition) is 1. The molecule has 5 heteroatoms. The van der Waals surface area contributed by atoms with Crippen LogP contribution >= 0.6 is 0 Å². The minimum Gasteiger partial charge on any atom is -0.478 e. The van der Waals surface area contributed by atoms with Crippen molar-refractivity contribution in [1.82, 2.24) is 14.8 Å². The van der Waals surface area contributed by atoms with Crippen molar-refractivity contribution in [2.45, 2.75) is 52.5 Å². The molecule has 28 heavy (non-hydrogen) atoms. The van der Waals surface area contributed by atoms with Crippen molar-refractivity contribution in [2.75, 3.05) is 0 Å². The summed E-state index contributed by atoms with van der Waals surface area (Å²) in [5.74, 6) is 1.31. The molecule has 0 spiro atoms. The molecule has 0 amide bonds. The number of aromatic nitrogens is 3. The van der Waals surface area contributed by atoms with Gasteiger partial charge in [-0.25, -0.2) is 14.5 Å². The Morgan fingerprint density at radius 1 is 1.11 bits per heavy atom. The van der Waals surface area contributed by atoms with Gasteiger partial charge in [-0.2, -0.15) is 5.10 Å². The average Bonchev–Trinajstić information content (AvgIpc) is 3.10. The van der Waals surface area contributed by atoms with Crippen LogP contribution in [-0.4, -0.2) is 25.8 Å². The molecule has 1 N–H and O–H groups in total. The van der Waals surface area contributed by atoms with E-state index in [1.807, 2.05) is 41.1 Å². The Hall–Kier alpha value is -2.95. The quantitative estimate of drug-likeness (QED) is 0.589. The number of carboxylic acid groups (broad SMARTS) is 1. The molecule has 2 aromatic carbocycles. The van der Waals surface area contributed by atoms with E-state index in [1.54, 1.807) is 12.1 Å². The summed E-state index contributed by atoms with van der Waals surface area (Å²) in [7, 11) is 0. The number of nitrogens with zero attached hydrogens (tertiary/aromatic N) is 3. The van der Waals surface area contributed by atoms with Crippen LogP contribution in [0.15, 0.2) is 48.5 Å². The molecule has 0 fully saturated rings. The minimum absolute atomic E-state index is 0.302. The first-order valence-electron chi connectivity index (χ1n) is 9.84. The fraction of sp³-hybridized carbons (Fsp3) is 0.348. The molecule has 1 aromatic heterocycles. The largest absolute Gasteiger partial charge is 0.478 e. The lowest BCUT2D eigenvalue weighted by atomic mass is 9.99. The molecule has 0 saturated carbocycles. The van der Waals surface area contributed by atoms with Gasteiger partial charge in [-0.05, 0) is 29.2 Å². The average molecular weight is 377 g/mol. The van der Waals surface area contributed by atoms with Gasteiger partial charge in [-0.3, -0.25) is 0 Å². The first kappa shape index (κ1) is 19.8. The topological polar surface area (TPSA) is 68.0 Å². The maximum atomic E-state index is 11.5. The second-order valence-corrected chi connectivity index (χ2v) is 7.35. The number of rotatable bonds is 8. The summed E-state index contributed by atoms with van der Waals surface area (Å²) in [6.07, 6.45) is 3.16. The molecule has 146 valence electrons. The molecule has 0 aliphatic carbocycles. The van der Waals surface area contributed by atoms with Crippen LogP contribution < -0.4 is 0 Å². The van der Waals surface area contributed by atoms with Gasteiger partial charge in [0.25, 0.3) is 0 Å². The molecule has 0 radical (unpaired) electrons. The molecule has 0 bridgehead atoms. The molecule has 1 heterocycles. The first-order valence-corrected chi connectivity index (χ1v) is 9.84. The Labute approximate surface area is 166 Å².